The molecule has 26 heavy (non-hydrogen) atoms. The fraction of sp³-hybridized carbons (Fsp3) is 0.684. The van der Waals surface area contributed by atoms with Crippen LogP contribution in [-0.4, -0.2) is 47.1 Å². The van der Waals surface area contributed by atoms with Gasteiger partial charge in [-0.3, -0.25) is 0 Å². The summed E-state index contributed by atoms with van der Waals surface area (Å²) in [4.78, 5) is 14.7. The summed E-state index contributed by atoms with van der Waals surface area (Å²) in [6.07, 6.45) is 1.95. The van der Waals surface area contributed by atoms with Crippen LogP contribution in [0.3, 0.4) is 0 Å². The van der Waals surface area contributed by atoms with Crippen molar-refractivity contribution in [2.24, 2.45) is 0 Å². The molecule has 4 rings (SSSR count). The SMILES string of the molecule is CCC1(C)Cc2c(sc3nc(SC(C)C)nc(N4CCOCC4)c23)CO1. The number of aromatic nitrogens is 2. The van der Waals surface area contributed by atoms with Gasteiger partial charge in [-0.2, -0.15) is 0 Å². The van der Waals surface area contributed by atoms with E-state index in [4.69, 9.17) is 19.4 Å². The number of hydrogen-bond acceptors (Lipinski definition) is 7. The smallest absolute Gasteiger partial charge is 0.191 e. The minimum atomic E-state index is -0.0887. The van der Waals surface area contributed by atoms with Gasteiger partial charge < -0.3 is 14.4 Å². The summed E-state index contributed by atoms with van der Waals surface area (Å²) in [5.41, 5.74) is 1.32. The van der Waals surface area contributed by atoms with E-state index < -0.39 is 0 Å². The van der Waals surface area contributed by atoms with Gasteiger partial charge in [-0.1, -0.05) is 32.5 Å². The summed E-state index contributed by atoms with van der Waals surface area (Å²) in [6, 6.07) is 0. The lowest BCUT2D eigenvalue weighted by Gasteiger charge is -2.34. The zero-order valence-corrected chi connectivity index (χ0v) is 17.6. The Morgan fingerprint density at radius 2 is 2.04 bits per heavy atom. The predicted octanol–water partition coefficient (Wildman–Crippen LogP) is 4.27. The second-order valence-electron chi connectivity index (χ2n) is 7.55. The molecule has 1 unspecified atom stereocenters. The van der Waals surface area contributed by atoms with Gasteiger partial charge in [0.2, 0.25) is 0 Å². The molecule has 2 aliphatic rings. The van der Waals surface area contributed by atoms with Crippen LogP contribution < -0.4 is 4.90 Å². The largest absolute Gasteiger partial charge is 0.378 e. The van der Waals surface area contributed by atoms with Crippen molar-refractivity contribution >= 4 is 39.1 Å². The van der Waals surface area contributed by atoms with Crippen molar-refractivity contribution in [3.05, 3.63) is 10.4 Å². The maximum atomic E-state index is 6.17. The number of fused-ring (bicyclic) bond motifs is 3. The van der Waals surface area contributed by atoms with Gasteiger partial charge in [0.15, 0.2) is 5.16 Å². The first-order valence-corrected chi connectivity index (χ1v) is 11.1. The van der Waals surface area contributed by atoms with Crippen molar-refractivity contribution in [2.45, 2.75) is 63.2 Å². The van der Waals surface area contributed by atoms with Crippen LogP contribution in [0.4, 0.5) is 5.82 Å². The maximum Gasteiger partial charge on any atom is 0.191 e. The second kappa shape index (κ2) is 7.26. The Hall–Kier alpha value is -0.890. The third-order valence-corrected chi connectivity index (χ3v) is 7.16. The molecule has 2 aromatic rings. The number of hydrogen-bond donors (Lipinski definition) is 0. The summed E-state index contributed by atoms with van der Waals surface area (Å²) >= 11 is 3.52. The number of thiophene rings is 1. The van der Waals surface area contributed by atoms with Crippen LogP contribution in [0.25, 0.3) is 10.2 Å². The van der Waals surface area contributed by atoms with Gasteiger partial charge in [-0.05, 0) is 18.9 Å². The molecule has 5 nitrogen and oxygen atoms in total. The first-order chi connectivity index (χ1) is 12.5. The van der Waals surface area contributed by atoms with E-state index in [0.29, 0.717) is 11.9 Å². The van der Waals surface area contributed by atoms with Crippen molar-refractivity contribution < 1.29 is 9.47 Å². The first-order valence-electron chi connectivity index (χ1n) is 9.44. The molecule has 2 aromatic heterocycles. The minimum Gasteiger partial charge on any atom is -0.378 e. The molecular weight excluding hydrogens is 366 g/mol. The van der Waals surface area contributed by atoms with Gasteiger partial charge in [0.1, 0.15) is 10.6 Å². The van der Waals surface area contributed by atoms with E-state index in [1.165, 1.54) is 15.8 Å². The van der Waals surface area contributed by atoms with Gasteiger partial charge in [-0.25, -0.2) is 9.97 Å². The lowest BCUT2D eigenvalue weighted by molar-refractivity contribution is -0.0543. The van der Waals surface area contributed by atoms with Crippen LogP contribution in [-0.2, 0) is 22.5 Å². The highest BCUT2D eigenvalue weighted by atomic mass is 32.2. The van der Waals surface area contributed by atoms with Crippen molar-refractivity contribution in [1.82, 2.24) is 9.97 Å². The molecule has 0 saturated carbocycles. The molecule has 7 heteroatoms. The van der Waals surface area contributed by atoms with E-state index in [1.54, 1.807) is 23.1 Å². The minimum absolute atomic E-state index is 0.0887. The van der Waals surface area contributed by atoms with Gasteiger partial charge in [0, 0.05) is 29.6 Å². The van der Waals surface area contributed by atoms with Crippen LogP contribution in [0.1, 0.15) is 44.6 Å². The van der Waals surface area contributed by atoms with Crippen molar-refractivity contribution in [3.63, 3.8) is 0 Å². The summed E-state index contributed by atoms with van der Waals surface area (Å²) < 4.78 is 11.7. The number of ether oxygens (including phenoxy) is 2. The van der Waals surface area contributed by atoms with Crippen molar-refractivity contribution in [1.29, 1.82) is 0 Å². The molecule has 0 aliphatic carbocycles. The molecule has 2 aliphatic heterocycles. The molecule has 0 bridgehead atoms. The van der Waals surface area contributed by atoms with Crippen LogP contribution in [0.2, 0.25) is 0 Å². The zero-order valence-electron chi connectivity index (χ0n) is 16.0. The molecule has 142 valence electrons. The van der Waals surface area contributed by atoms with Gasteiger partial charge >= 0.3 is 0 Å². The topological polar surface area (TPSA) is 47.5 Å². The standard InChI is InChI=1S/C19H27N3O2S2/c1-5-19(4)10-13-14(11-24-19)26-17-15(13)16(22-6-8-23-9-7-22)20-18(21-17)25-12(2)3/h12H,5-11H2,1-4H3. The van der Waals surface area contributed by atoms with E-state index in [1.807, 2.05) is 0 Å². The normalized spacial score (nSPS) is 23.7. The van der Waals surface area contributed by atoms with Crippen LogP contribution in [0, 0.1) is 0 Å². The Morgan fingerprint density at radius 1 is 1.27 bits per heavy atom. The lowest BCUT2D eigenvalue weighted by Crippen LogP contribution is -2.37. The van der Waals surface area contributed by atoms with E-state index in [9.17, 15) is 0 Å². The molecule has 1 fully saturated rings. The van der Waals surface area contributed by atoms with Crippen molar-refractivity contribution in [2.75, 3.05) is 31.2 Å². The highest BCUT2D eigenvalue weighted by molar-refractivity contribution is 7.99. The Morgan fingerprint density at radius 3 is 2.73 bits per heavy atom. The summed E-state index contributed by atoms with van der Waals surface area (Å²) in [5, 5.41) is 2.60. The molecule has 1 atom stereocenters. The Balaban J connectivity index is 1.85. The third-order valence-electron chi connectivity index (χ3n) is 5.20. The van der Waals surface area contributed by atoms with Gasteiger partial charge in [0.25, 0.3) is 0 Å². The summed E-state index contributed by atoms with van der Waals surface area (Å²) in [5.74, 6) is 1.10. The Kier molecular flexibility index (Phi) is 5.16. The number of thioether (sulfide) groups is 1. The third kappa shape index (κ3) is 3.46. The highest BCUT2D eigenvalue weighted by Crippen LogP contribution is 2.43. The average molecular weight is 394 g/mol. The molecule has 0 aromatic carbocycles. The highest BCUT2D eigenvalue weighted by Gasteiger charge is 2.34. The Bertz CT molecular complexity index is 802. The lowest BCUT2D eigenvalue weighted by atomic mass is 9.90. The monoisotopic (exact) mass is 393 g/mol. The van der Waals surface area contributed by atoms with Crippen LogP contribution in [0.5, 0.6) is 0 Å². The molecule has 0 amide bonds. The van der Waals surface area contributed by atoms with Crippen molar-refractivity contribution in [3.8, 4) is 0 Å². The fourth-order valence-electron chi connectivity index (χ4n) is 3.53. The second-order valence-corrected chi connectivity index (χ2v) is 10.2. The maximum absolute atomic E-state index is 6.17. The van der Waals surface area contributed by atoms with E-state index in [2.05, 4.69) is 32.6 Å². The number of morpholine rings is 1. The van der Waals surface area contributed by atoms with Gasteiger partial charge in [-0.15, -0.1) is 11.3 Å². The summed E-state index contributed by atoms with van der Waals surface area (Å²) in [7, 11) is 0. The summed E-state index contributed by atoms with van der Waals surface area (Å²) in [6.45, 7) is 12.8. The molecule has 0 N–H and O–H groups in total. The number of rotatable bonds is 4. The number of anilines is 1. The van der Waals surface area contributed by atoms with E-state index in [0.717, 1.165) is 54.9 Å². The number of nitrogens with zero attached hydrogens (tertiary/aromatic N) is 3. The molecule has 0 radical (unpaired) electrons. The molecular formula is C19H27N3O2S2. The molecule has 4 heterocycles. The Labute approximate surface area is 163 Å². The quantitative estimate of drug-likeness (QED) is 0.571. The van der Waals surface area contributed by atoms with E-state index >= 15 is 0 Å². The fourth-order valence-corrected chi connectivity index (χ4v) is 5.39. The van der Waals surface area contributed by atoms with Crippen LogP contribution in [0.15, 0.2) is 5.16 Å². The average Bonchev–Trinajstić information content (AvgIpc) is 2.98. The zero-order chi connectivity index (χ0) is 18.3. The van der Waals surface area contributed by atoms with Crippen LogP contribution >= 0.6 is 23.1 Å². The van der Waals surface area contributed by atoms with E-state index in [-0.39, 0.29) is 5.60 Å². The molecule has 0 spiro atoms. The molecule has 1 saturated heterocycles. The first kappa shape index (κ1) is 18.5. The predicted molar refractivity (Wildman–Crippen MR) is 109 cm³/mol. The van der Waals surface area contributed by atoms with Gasteiger partial charge in [0.05, 0.1) is 30.8 Å².